The molecular formula is C8H11N4O2+. The fourth-order valence-electron chi connectivity index (χ4n) is 1.51. The van der Waals surface area contributed by atoms with Crippen molar-refractivity contribution in [1.82, 2.24) is 14.2 Å². The van der Waals surface area contributed by atoms with Crippen LogP contribution in [-0.2, 0) is 21.1 Å². The molecule has 0 radical (unpaired) electrons. The van der Waals surface area contributed by atoms with E-state index in [0.717, 1.165) is 4.57 Å². The van der Waals surface area contributed by atoms with Crippen molar-refractivity contribution >= 4 is 11.0 Å². The van der Waals surface area contributed by atoms with Crippen LogP contribution < -0.4 is 15.9 Å². The van der Waals surface area contributed by atoms with Crippen LogP contribution in [-0.4, -0.2) is 14.2 Å². The van der Waals surface area contributed by atoms with E-state index in [1.165, 1.54) is 11.6 Å². The normalized spacial score (nSPS) is 11.1. The molecule has 2 aromatic heterocycles. The third-order valence-electron chi connectivity index (χ3n) is 2.31. The molecule has 0 amide bonds. The van der Waals surface area contributed by atoms with Crippen LogP contribution in [0.3, 0.4) is 0 Å². The maximum Gasteiger partial charge on any atom is 0.331 e. The van der Waals surface area contributed by atoms with Gasteiger partial charge in [-0.25, -0.2) is 4.79 Å². The second kappa shape index (κ2) is 2.57. The second-order valence-electron chi connectivity index (χ2n) is 3.32. The van der Waals surface area contributed by atoms with Gasteiger partial charge in [-0.05, 0) is 0 Å². The van der Waals surface area contributed by atoms with Crippen LogP contribution in [0.1, 0.15) is 0 Å². The van der Waals surface area contributed by atoms with Gasteiger partial charge < -0.3 is 0 Å². The molecule has 2 rings (SSSR count). The summed E-state index contributed by atoms with van der Waals surface area (Å²) in [6, 6.07) is 0. The highest BCUT2D eigenvalue weighted by molar-refractivity contribution is 5.71. The summed E-state index contributed by atoms with van der Waals surface area (Å²) in [5.41, 5.74) is 0.434. The van der Waals surface area contributed by atoms with Crippen LogP contribution in [0.5, 0.6) is 0 Å². The average Bonchev–Trinajstić information content (AvgIpc) is 2.54. The predicted octanol–water partition coefficient (Wildman–Crippen LogP) is -1.61. The first kappa shape index (κ1) is 8.74. The Labute approximate surface area is 79.0 Å². The van der Waals surface area contributed by atoms with Gasteiger partial charge in [0.1, 0.15) is 5.52 Å². The molecule has 0 aliphatic carbocycles. The summed E-state index contributed by atoms with van der Waals surface area (Å²) < 4.78 is 4.16. The Morgan fingerprint density at radius 1 is 1.29 bits per heavy atom. The zero-order valence-electron chi connectivity index (χ0n) is 8.24. The third kappa shape index (κ3) is 0.935. The predicted molar refractivity (Wildman–Crippen MR) is 50.0 cm³/mol. The smallest absolute Gasteiger partial charge is 0.289 e. The van der Waals surface area contributed by atoms with Crippen LogP contribution in [0, 0.1) is 0 Å². The fourth-order valence-corrected chi connectivity index (χ4v) is 1.51. The molecule has 74 valence electrons. The fraction of sp³-hybridized carbons (Fsp3) is 0.375. The number of rotatable bonds is 0. The summed E-state index contributed by atoms with van der Waals surface area (Å²) >= 11 is 0. The quantitative estimate of drug-likeness (QED) is 0.514. The van der Waals surface area contributed by atoms with Crippen molar-refractivity contribution in [1.29, 1.82) is 0 Å². The number of aryl methyl sites for hydroxylation is 2. The average molecular weight is 195 g/mol. The number of aromatic amines is 1. The van der Waals surface area contributed by atoms with Gasteiger partial charge in [0.2, 0.25) is 6.20 Å². The topological polar surface area (TPSA) is 63.7 Å². The number of nitrogens with zero attached hydrogens (tertiary/aromatic N) is 3. The van der Waals surface area contributed by atoms with E-state index >= 15 is 0 Å². The molecule has 2 aromatic rings. The molecule has 6 nitrogen and oxygen atoms in total. The molecule has 1 N–H and O–H groups in total. The van der Waals surface area contributed by atoms with Gasteiger partial charge in [-0.2, -0.15) is 5.10 Å². The molecule has 0 aromatic carbocycles. The van der Waals surface area contributed by atoms with Gasteiger partial charge in [-0.1, -0.05) is 0 Å². The molecule has 0 fully saturated rings. The molecule has 14 heavy (non-hydrogen) atoms. The zero-order chi connectivity index (χ0) is 10.5. The number of hydrogen-bond acceptors (Lipinski definition) is 2. The molecule has 0 unspecified atom stereocenters. The maximum absolute atomic E-state index is 11.6. The van der Waals surface area contributed by atoms with Gasteiger partial charge in [0.25, 0.3) is 5.56 Å². The third-order valence-corrected chi connectivity index (χ3v) is 2.31. The van der Waals surface area contributed by atoms with E-state index in [4.69, 9.17) is 0 Å². The molecule has 0 atom stereocenters. The maximum atomic E-state index is 11.6. The first-order chi connectivity index (χ1) is 6.52. The molecule has 0 aliphatic rings. The summed E-state index contributed by atoms with van der Waals surface area (Å²) in [6.07, 6.45) is 1.71. The van der Waals surface area contributed by atoms with Gasteiger partial charge in [-0.3, -0.25) is 13.9 Å². The molecule has 6 heteroatoms. The van der Waals surface area contributed by atoms with E-state index in [9.17, 15) is 9.59 Å². The highest BCUT2D eigenvalue weighted by Gasteiger charge is 2.13. The van der Waals surface area contributed by atoms with E-state index in [0.29, 0.717) is 11.0 Å². The largest absolute Gasteiger partial charge is 0.331 e. The van der Waals surface area contributed by atoms with E-state index in [-0.39, 0.29) is 11.2 Å². The molecular weight excluding hydrogens is 184 g/mol. The monoisotopic (exact) mass is 195 g/mol. The van der Waals surface area contributed by atoms with Crippen molar-refractivity contribution in [3.63, 3.8) is 0 Å². The van der Waals surface area contributed by atoms with E-state index < -0.39 is 0 Å². The van der Waals surface area contributed by atoms with E-state index in [1.54, 1.807) is 25.0 Å². The molecule has 0 saturated heterocycles. The Morgan fingerprint density at radius 3 is 2.57 bits per heavy atom. The lowest BCUT2D eigenvalue weighted by Crippen LogP contribution is -2.36. The molecule has 2 heterocycles. The summed E-state index contributed by atoms with van der Waals surface area (Å²) in [5.74, 6) is 0. The highest BCUT2D eigenvalue weighted by Crippen LogP contribution is 1.98. The number of H-pyrrole nitrogens is 1. The minimum atomic E-state index is -0.317. The molecule has 0 saturated carbocycles. The Morgan fingerprint density at radius 2 is 1.93 bits per heavy atom. The summed E-state index contributed by atoms with van der Waals surface area (Å²) in [4.78, 5) is 23.1. The van der Waals surface area contributed by atoms with Crippen LogP contribution in [0.25, 0.3) is 11.0 Å². The second-order valence-corrected chi connectivity index (χ2v) is 3.32. The molecule has 0 aliphatic heterocycles. The number of aromatic nitrogens is 4. The Hall–Kier alpha value is -1.85. The van der Waals surface area contributed by atoms with Gasteiger partial charge in [-0.15, -0.1) is 4.68 Å². The van der Waals surface area contributed by atoms with Crippen LogP contribution in [0.15, 0.2) is 15.8 Å². The number of hydrogen-bond donors (Lipinski definition) is 1. The Kier molecular flexibility index (Phi) is 1.60. The molecule has 0 spiro atoms. The van der Waals surface area contributed by atoms with Gasteiger partial charge in [0, 0.05) is 14.1 Å². The minimum absolute atomic E-state index is 0.302. The van der Waals surface area contributed by atoms with Crippen molar-refractivity contribution in [2.45, 2.75) is 0 Å². The van der Waals surface area contributed by atoms with Gasteiger partial charge >= 0.3 is 5.69 Å². The zero-order valence-corrected chi connectivity index (χ0v) is 8.24. The summed E-state index contributed by atoms with van der Waals surface area (Å²) in [5, 5.41) is 2.86. The lowest BCUT2D eigenvalue weighted by atomic mass is 10.4. The van der Waals surface area contributed by atoms with Crippen LogP contribution in [0.4, 0.5) is 0 Å². The SMILES string of the molecule is Cn1c(=O)c2[nH][n+](C)cc2n(C)c1=O. The first-order valence-electron chi connectivity index (χ1n) is 4.16. The summed E-state index contributed by atoms with van der Waals surface area (Å²) in [7, 11) is 4.87. The lowest BCUT2D eigenvalue weighted by Gasteiger charge is -1.99. The Balaban J connectivity index is 3.17. The van der Waals surface area contributed by atoms with Crippen molar-refractivity contribution < 1.29 is 4.68 Å². The van der Waals surface area contributed by atoms with E-state index in [2.05, 4.69) is 5.10 Å². The molecule has 0 bridgehead atoms. The standard InChI is InChI=1S/C8H10N4O2/c1-10-4-5-6(9-10)7(13)12(3)8(14)11(5)2/h4H,1-3H3/p+1. The van der Waals surface area contributed by atoms with Crippen LogP contribution in [0.2, 0.25) is 0 Å². The Bertz CT molecular complexity index is 617. The van der Waals surface area contributed by atoms with Crippen molar-refractivity contribution in [2.75, 3.05) is 0 Å². The van der Waals surface area contributed by atoms with Crippen molar-refractivity contribution in [3.8, 4) is 0 Å². The van der Waals surface area contributed by atoms with Gasteiger partial charge in [0.05, 0.1) is 0 Å². The highest BCUT2D eigenvalue weighted by atomic mass is 16.2. The van der Waals surface area contributed by atoms with E-state index in [1.807, 2.05) is 0 Å². The first-order valence-corrected chi connectivity index (χ1v) is 4.16. The number of fused-ring (bicyclic) bond motifs is 1. The lowest BCUT2D eigenvalue weighted by molar-refractivity contribution is -0.724. The summed E-state index contributed by atoms with van der Waals surface area (Å²) in [6.45, 7) is 0. The van der Waals surface area contributed by atoms with Crippen molar-refractivity contribution in [2.24, 2.45) is 21.1 Å². The number of nitrogens with one attached hydrogen (secondary N) is 1. The van der Waals surface area contributed by atoms with Crippen molar-refractivity contribution in [3.05, 3.63) is 27.0 Å². The van der Waals surface area contributed by atoms with Gasteiger partial charge in [0.15, 0.2) is 12.6 Å². The van der Waals surface area contributed by atoms with Crippen LogP contribution >= 0.6 is 0 Å². The minimum Gasteiger partial charge on any atom is -0.289 e.